The van der Waals surface area contributed by atoms with Crippen molar-refractivity contribution in [3.05, 3.63) is 35.9 Å². The number of ether oxygens (including phenoxy) is 1. The van der Waals surface area contributed by atoms with Gasteiger partial charge in [-0.1, -0.05) is 19.1 Å². The number of aromatic nitrogens is 1. The first-order chi connectivity index (χ1) is 6.83. The summed E-state index contributed by atoms with van der Waals surface area (Å²) in [5.74, 6) is 0.672. The van der Waals surface area contributed by atoms with Crippen molar-refractivity contribution in [3.63, 3.8) is 0 Å². The lowest BCUT2D eigenvalue weighted by atomic mass is 10.1. The third kappa shape index (κ3) is 1.55. The minimum absolute atomic E-state index is 0.672. The van der Waals surface area contributed by atoms with Gasteiger partial charge in [-0.25, -0.2) is 4.98 Å². The number of pyridine rings is 1. The van der Waals surface area contributed by atoms with Gasteiger partial charge in [0.05, 0.1) is 12.6 Å². The molecule has 1 heterocycles. The van der Waals surface area contributed by atoms with Crippen LogP contribution in [0.25, 0.3) is 10.9 Å². The van der Waals surface area contributed by atoms with E-state index in [9.17, 15) is 0 Å². The van der Waals surface area contributed by atoms with Crippen molar-refractivity contribution in [1.82, 2.24) is 4.98 Å². The standard InChI is InChI=1S/C12H13NO/c1-3-9-4-5-10-6-7-12(14-2)13-11(10)8-9/h4-8H,3H2,1-2H3. The third-order valence-corrected chi connectivity index (χ3v) is 2.35. The molecule has 0 saturated heterocycles. The van der Waals surface area contributed by atoms with Crippen molar-refractivity contribution in [3.8, 4) is 5.88 Å². The number of hydrogen-bond donors (Lipinski definition) is 0. The number of aryl methyl sites for hydroxylation is 1. The molecule has 0 N–H and O–H groups in total. The summed E-state index contributed by atoms with van der Waals surface area (Å²) in [4.78, 5) is 4.38. The molecule has 0 unspecified atom stereocenters. The van der Waals surface area contributed by atoms with Crippen molar-refractivity contribution >= 4 is 10.9 Å². The van der Waals surface area contributed by atoms with Crippen molar-refractivity contribution in [2.45, 2.75) is 13.3 Å². The van der Waals surface area contributed by atoms with Crippen molar-refractivity contribution in [2.75, 3.05) is 7.11 Å². The predicted octanol–water partition coefficient (Wildman–Crippen LogP) is 2.81. The largest absolute Gasteiger partial charge is 0.481 e. The number of benzene rings is 1. The van der Waals surface area contributed by atoms with Crippen molar-refractivity contribution in [2.24, 2.45) is 0 Å². The summed E-state index contributed by atoms with van der Waals surface area (Å²) >= 11 is 0. The number of nitrogens with zero attached hydrogens (tertiary/aromatic N) is 1. The molecule has 0 spiro atoms. The normalized spacial score (nSPS) is 10.4. The average Bonchev–Trinajstić information content (AvgIpc) is 2.27. The van der Waals surface area contributed by atoms with Crippen LogP contribution in [0.1, 0.15) is 12.5 Å². The van der Waals surface area contributed by atoms with E-state index in [-0.39, 0.29) is 0 Å². The lowest BCUT2D eigenvalue weighted by molar-refractivity contribution is 0.399. The molecule has 0 radical (unpaired) electrons. The van der Waals surface area contributed by atoms with Gasteiger partial charge in [-0.05, 0) is 24.1 Å². The van der Waals surface area contributed by atoms with E-state index >= 15 is 0 Å². The van der Waals surface area contributed by atoms with Crippen LogP contribution in [-0.4, -0.2) is 12.1 Å². The fraction of sp³-hybridized carbons (Fsp3) is 0.250. The molecule has 0 bridgehead atoms. The quantitative estimate of drug-likeness (QED) is 0.721. The SMILES string of the molecule is CCc1ccc2ccc(OC)nc2c1. The Kier molecular flexibility index (Phi) is 2.35. The summed E-state index contributed by atoms with van der Waals surface area (Å²) in [5, 5.41) is 1.16. The highest BCUT2D eigenvalue weighted by Gasteiger charge is 1.98. The second-order valence-electron chi connectivity index (χ2n) is 3.23. The summed E-state index contributed by atoms with van der Waals surface area (Å²) in [6, 6.07) is 10.3. The van der Waals surface area contributed by atoms with Gasteiger partial charge < -0.3 is 4.74 Å². The lowest BCUT2D eigenvalue weighted by Gasteiger charge is -2.02. The fourth-order valence-electron chi connectivity index (χ4n) is 1.48. The van der Waals surface area contributed by atoms with Crippen LogP contribution in [-0.2, 0) is 6.42 Å². The first-order valence-corrected chi connectivity index (χ1v) is 4.77. The number of fused-ring (bicyclic) bond motifs is 1. The summed E-state index contributed by atoms with van der Waals surface area (Å²) < 4.78 is 5.08. The van der Waals surface area contributed by atoms with Crippen LogP contribution in [0.3, 0.4) is 0 Å². The summed E-state index contributed by atoms with van der Waals surface area (Å²) in [6.07, 6.45) is 1.04. The van der Waals surface area contributed by atoms with Crippen LogP contribution >= 0.6 is 0 Å². The molecule has 0 aliphatic rings. The second kappa shape index (κ2) is 3.66. The molecule has 0 fully saturated rings. The molecule has 2 aromatic rings. The van der Waals surface area contributed by atoms with E-state index in [4.69, 9.17) is 4.74 Å². The van der Waals surface area contributed by atoms with Crippen molar-refractivity contribution in [1.29, 1.82) is 0 Å². The van der Waals surface area contributed by atoms with Crippen LogP contribution in [0.5, 0.6) is 5.88 Å². The molecular formula is C12H13NO. The molecule has 2 rings (SSSR count). The molecule has 0 amide bonds. The number of methoxy groups -OCH3 is 1. The van der Waals surface area contributed by atoms with E-state index in [1.165, 1.54) is 5.56 Å². The maximum Gasteiger partial charge on any atom is 0.213 e. The zero-order valence-electron chi connectivity index (χ0n) is 8.45. The first kappa shape index (κ1) is 9.00. The molecule has 0 aliphatic heterocycles. The molecule has 2 nitrogen and oxygen atoms in total. The smallest absolute Gasteiger partial charge is 0.213 e. The molecule has 2 heteroatoms. The van der Waals surface area contributed by atoms with E-state index in [0.717, 1.165) is 17.3 Å². The summed E-state index contributed by atoms with van der Waals surface area (Å²) in [6.45, 7) is 2.14. The van der Waals surface area contributed by atoms with E-state index in [1.807, 2.05) is 12.1 Å². The van der Waals surface area contributed by atoms with Gasteiger partial charge in [-0.3, -0.25) is 0 Å². The Labute approximate surface area is 83.5 Å². The maximum atomic E-state index is 5.08. The monoisotopic (exact) mass is 187 g/mol. The van der Waals surface area contributed by atoms with Crippen LogP contribution in [0.2, 0.25) is 0 Å². The minimum Gasteiger partial charge on any atom is -0.481 e. The Hall–Kier alpha value is -1.57. The molecule has 0 saturated carbocycles. The molecule has 1 aromatic carbocycles. The second-order valence-corrected chi connectivity index (χ2v) is 3.23. The maximum absolute atomic E-state index is 5.08. The number of hydrogen-bond acceptors (Lipinski definition) is 2. The zero-order valence-corrected chi connectivity index (χ0v) is 8.45. The number of rotatable bonds is 2. The van der Waals surface area contributed by atoms with Gasteiger partial charge in [0.1, 0.15) is 0 Å². The molecule has 14 heavy (non-hydrogen) atoms. The Morgan fingerprint density at radius 1 is 1.21 bits per heavy atom. The minimum atomic E-state index is 0.672. The van der Waals surface area contributed by atoms with E-state index < -0.39 is 0 Å². The van der Waals surface area contributed by atoms with Crippen LogP contribution in [0.15, 0.2) is 30.3 Å². The van der Waals surface area contributed by atoms with Gasteiger partial charge in [-0.2, -0.15) is 0 Å². The molecule has 0 aliphatic carbocycles. The van der Waals surface area contributed by atoms with Crippen LogP contribution < -0.4 is 4.74 Å². The van der Waals surface area contributed by atoms with Crippen LogP contribution in [0, 0.1) is 0 Å². The predicted molar refractivity (Wildman–Crippen MR) is 57.7 cm³/mol. The Bertz CT molecular complexity index is 412. The van der Waals surface area contributed by atoms with Gasteiger partial charge in [0.25, 0.3) is 0 Å². The van der Waals surface area contributed by atoms with Gasteiger partial charge in [0, 0.05) is 11.5 Å². The highest BCUT2D eigenvalue weighted by Crippen LogP contribution is 2.17. The Morgan fingerprint density at radius 2 is 2.00 bits per heavy atom. The van der Waals surface area contributed by atoms with E-state index in [0.29, 0.717) is 5.88 Å². The Balaban J connectivity index is 2.60. The van der Waals surface area contributed by atoms with Crippen LogP contribution in [0.4, 0.5) is 0 Å². The lowest BCUT2D eigenvalue weighted by Crippen LogP contribution is -1.88. The van der Waals surface area contributed by atoms with Gasteiger partial charge in [0.2, 0.25) is 5.88 Å². The van der Waals surface area contributed by atoms with E-state index in [2.05, 4.69) is 30.1 Å². The molecule has 1 aromatic heterocycles. The molecule has 0 atom stereocenters. The van der Waals surface area contributed by atoms with E-state index in [1.54, 1.807) is 7.11 Å². The molecular weight excluding hydrogens is 174 g/mol. The zero-order chi connectivity index (χ0) is 9.97. The summed E-state index contributed by atoms with van der Waals surface area (Å²) in [5.41, 5.74) is 2.31. The van der Waals surface area contributed by atoms with Gasteiger partial charge in [0.15, 0.2) is 0 Å². The topological polar surface area (TPSA) is 22.1 Å². The average molecular weight is 187 g/mol. The summed E-state index contributed by atoms with van der Waals surface area (Å²) in [7, 11) is 1.64. The third-order valence-electron chi connectivity index (χ3n) is 2.35. The fourth-order valence-corrected chi connectivity index (χ4v) is 1.48. The first-order valence-electron chi connectivity index (χ1n) is 4.77. The van der Waals surface area contributed by atoms with Gasteiger partial charge >= 0.3 is 0 Å². The highest BCUT2D eigenvalue weighted by molar-refractivity contribution is 5.79. The van der Waals surface area contributed by atoms with Gasteiger partial charge in [-0.15, -0.1) is 0 Å². The van der Waals surface area contributed by atoms with Crippen molar-refractivity contribution < 1.29 is 4.74 Å². The Morgan fingerprint density at radius 3 is 2.71 bits per heavy atom. The highest BCUT2D eigenvalue weighted by atomic mass is 16.5. The molecule has 72 valence electrons.